The van der Waals surface area contributed by atoms with E-state index >= 15 is 0 Å². The van der Waals surface area contributed by atoms with E-state index in [-0.39, 0.29) is 28.6 Å². The molecule has 5 atom stereocenters. The first kappa shape index (κ1) is 26.6. The molecule has 3 N–H and O–H groups in total. The van der Waals surface area contributed by atoms with Gasteiger partial charge in [0.1, 0.15) is 18.2 Å². The number of nitrogens with two attached hydrogens (primary N) is 1. The Balaban J connectivity index is 1.37. The zero-order chi connectivity index (χ0) is 28.9. The van der Waals surface area contributed by atoms with Crippen LogP contribution >= 0.6 is 22.9 Å². The number of piperazine rings is 1. The highest BCUT2D eigenvalue weighted by atomic mass is 35.5. The lowest BCUT2D eigenvalue weighted by molar-refractivity contribution is 0.176. The fourth-order valence-corrected chi connectivity index (χ4v) is 8.89. The summed E-state index contributed by atoms with van der Waals surface area (Å²) >= 11 is 8.21. The van der Waals surface area contributed by atoms with Crippen molar-refractivity contribution < 1.29 is 9.13 Å². The maximum Gasteiger partial charge on any atom is 0.350 e. The normalized spacial score (nSPS) is 27.0. The summed E-state index contributed by atoms with van der Waals surface area (Å²) < 4.78 is 23.7. The van der Waals surface area contributed by atoms with Crippen LogP contribution in [0.25, 0.3) is 32.2 Å². The topological polar surface area (TPSA) is 102 Å². The first-order chi connectivity index (χ1) is 20.3. The van der Waals surface area contributed by atoms with Crippen molar-refractivity contribution in [2.45, 2.75) is 56.3 Å². The summed E-state index contributed by atoms with van der Waals surface area (Å²) in [6.45, 7) is 1.90. The van der Waals surface area contributed by atoms with Crippen LogP contribution in [0.4, 0.5) is 15.3 Å². The molecule has 9 nitrogen and oxygen atoms in total. The quantitative estimate of drug-likeness (QED) is 0.345. The molecule has 4 unspecified atom stereocenters. The molecular formula is C30H33ClFN7O2S. The molecule has 2 saturated heterocycles. The number of halogens is 2. The van der Waals surface area contributed by atoms with Crippen molar-refractivity contribution in [1.29, 1.82) is 0 Å². The molecule has 12 heteroatoms. The van der Waals surface area contributed by atoms with Gasteiger partial charge in [-0.05, 0) is 70.3 Å². The average Bonchev–Trinajstić information content (AvgIpc) is 3.69. The van der Waals surface area contributed by atoms with Crippen LogP contribution in [0.2, 0.25) is 5.02 Å². The maximum absolute atomic E-state index is 14.8. The second-order valence-corrected chi connectivity index (χ2v) is 13.9. The Kier molecular flexibility index (Phi) is 6.19. The Morgan fingerprint density at radius 1 is 1.17 bits per heavy atom. The minimum absolute atomic E-state index is 0.143. The summed E-state index contributed by atoms with van der Waals surface area (Å²) in [6.07, 6.45) is 5.32. The molecule has 0 amide bonds. The zero-order valence-electron chi connectivity index (χ0n) is 23.6. The standard InChI is InChI=1S/C30H33ClFN7O2S/c1-37(2)17-6-3-14(9-17)22-13-41-26-23(18-7-8-21(32)27-24(18)35-29(33)42-27)20(31)10-19-25(26)39(22)30(40)36-28(19)38-11-15-4-5-16(12-38)34-15/h7-8,10,14-17,22,34H,3-6,9,11-13H2,1-2H3,(H2,33,35)/t14?,15?,16?,17?,22-/m1/s1. The Bertz CT molecular complexity index is 1800. The molecule has 220 valence electrons. The molecule has 4 aromatic rings. The van der Waals surface area contributed by atoms with E-state index in [4.69, 9.17) is 27.1 Å². The molecule has 1 saturated carbocycles. The highest BCUT2D eigenvalue weighted by Gasteiger charge is 2.40. The average molecular weight is 610 g/mol. The van der Waals surface area contributed by atoms with Crippen molar-refractivity contribution in [3.05, 3.63) is 39.5 Å². The van der Waals surface area contributed by atoms with E-state index in [0.29, 0.717) is 68.2 Å². The van der Waals surface area contributed by atoms with Gasteiger partial charge in [-0.25, -0.2) is 14.2 Å². The van der Waals surface area contributed by atoms with Crippen molar-refractivity contribution in [2.75, 3.05) is 44.4 Å². The summed E-state index contributed by atoms with van der Waals surface area (Å²) in [5.74, 6) is 1.07. The molecule has 1 aliphatic carbocycles. The van der Waals surface area contributed by atoms with E-state index in [1.165, 1.54) is 6.07 Å². The van der Waals surface area contributed by atoms with Gasteiger partial charge < -0.3 is 25.6 Å². The van der Waals surface area contributed by atoms with Crippen LogP contribution in [0.1, 0.15) is 38.1 Å². The van der Waals surface area contributed by atoms with Gasteiger partial charge in [-0.3, -0.25) is 4.57 Å². The Morgan fingerprint density at radius 3 is 2.69 bits per heavy atom. The van der Waals surface area contributed by atoms with Crippen LogP contribution in [-0.4, -0.2) is 71.4 Å². The van der Waals surface area contributed by atoms with Gasteiger partial charge in [-0.2, -0.15) is 4.98 Å². The van der Waals surface area contributed by atoms with Gasteiger partial charge in [0.05, 0.1) is 26.8 Å². The fourth-order valence-electron chi connectivity index (χ4n) is 7.83. The minimum Gasteiger partial charge on any atom is -0.488 e. The van der Waals surface area contributed by atoms with Gasteiger partial charge in [0.15, 0.2) is 10.9 Å². The third-order valence-corrected chi connectivity index (χ3v) is 11.0. The molecule has 4 aliphatic rings. The maximum atomic E-state index is 14.8. The molecular weight excluding hydrogens is 577 g/mol. The van der Waals surface area contributed by atoms with E-state index in [1.807, 2.05) is 10.6 Å². The third kappa shape index (κ3) is 4.04. The summed E-state index contributed by atoms with van der Waals surface area (Å²) in [6, 6.07) is 6.07. The van der Waals surface area contributed by atoms with Gasteiger partial charge in [0.25, 0.3) is 0 Å². The van der Waals surface area contributed by atoms with Gasteiger partial charge >= 0.3 is 5.69 Å². The van der Waals surface area contributed by atoms with E-state index in [1.54, 1.807) is 6.07 Å². The summed E-state index contributed by atoms with van der Waals surface area (Å²) in [5, 5.41) is 5.19. The number of fused-ring (bicyclic) bond motifs is 3. The predicted octanol–water partition coefficient (Wildman–Crippen LogP) is 4.65. The van der Waals surface area contributed by atoms with Crippen LogP contribution in [0.15, 0.2) is 23.0 Å². The third-order valence-electron chi connectivity index (χ3n) is 9.84. The van der Waals surface area contributed by atoms with Gasteiger partial charge in [0.2, 0.25) is 0 Å². The number of benzene rings is 2. The lowest BCUT2D eigenvalue weighted by Gasteiger charge is -2.37. The van der Waals surface area contributed by atoms with Gasteiger partial charge in [-0.15, -0.1) is 0 Å². The largest absolute Gasteiger partial charge is 0.488 e. The fraction of sp³-hybridized carbons (Fsp3) is 0.500. The SMILES string of the molecule is CN(C)C1CCC([C@H]2COc3c(-c4ccc(F)c5sc(N)nc45)c(Cl)cc4c(N5CC6CCC(C5)N6)nc(=O)n2c34)C1. The van der Waals surface area contributed by atoms with E-state index in [2.05, 4.69) is 34.2 Å². The smallest absolute Gasteiger partial charge is 0.350 e. The van der Waals surface area contributed by atoms with Crippen LogP contribution in [0.5, 0.6) is 5.75 Å². The van der Waals surface area contributed by atoms with E-state index < -0.39 is 0 Å². The number of nitrogen functional groups attached to an aromatic ring is 1. The highest BCUT2D eigenvalue weighted by Crippen LogP contribution is 2.50. The van der Waals surface area contributed by atoms with Crippen molar-refractivity contribution in [3.8, 4) is 16.9 Å². The summed E-state index contributed by atoms with van der Waals surface area (Å²) in [4.78, 5) is 27.8. The number of aromatic nitrogens is 3. The monoisotopic (exact) mass is 609 g/mol. The van der Waals surface area contributed by atoms with Crippen LogP contribution in [-0.2, 0) is 0 Å². The van der Waals surface area contributed by atoms with Crippen LogP contribution in [0, 0.1) is 11.7 Å². The number of rotatable bonds is 4. The molecule has 42 heavy (non-hydrogen) atoms. The molecule has 0 radical (unpaired) electrons. The Labute approximate surface area is 251 Å². The molecule has 2 aromatic carbocycles. The molecule has 3 aliphatic heterocycles. The summed E-state index contributed by atoms with van der Waals surface area (Å²) in [5.41, 5.74) is 8.13. The number of anilines is 2. The van der Waals surface area contributed by atoms with E-state index in [0.717, 1.165) is 61.9 Å². The molecule has 5 heterocycles. The second kappa shape index (κ2) is 9.77. The van der Waals surface area contributed by atoms with Crippen molar-refractivity contribution in [2.24, 2.45) is 5.92 Å². The lowest BCUT2D eigenvalue weighted by atomic mass is 9.94. The van der Waals surface area contributed by atoms with Crippen LogP contribution in [0.3, 0.4) is 0 Å². The molecule has 3 fully saturated rings. The molecule has 2 aromatic heterocycles. The lowest BCUT2D eigenvalue weighted by Crippen LogP contribution is -2.52. The van der Waals surface area contributed by atoms with Crippen molar-refractivity contribution in [1.82, 2.24) is 24.8 Å². The number of ether oxygens (including phenoxy) is 1. The number of hydrogen-bond donors (Lipinski definition) is 2. The van der Waals surface area contributed by atoms with Gasteiger partial charge in [-0.1, -0.05) is 22.9 Å². The first-order valence-corrected chi connectivity index (χ1v) is 15.9. The Hall–Kier alpha value is -2.99. The van der Waals surface area contributed by atoms with Crippen molar-refractivity contribution >= 4 is 55.0 Å². The zero-order valence-corrected chi connectivity index (χ0v) is 25.1. The number of nitrogens with one attached hydrogen (secondary N) is 1. The first-order valence-electron chi connectivity index (χ1n) is 14.7. The van der Waals surface area contributed by atoms with Crippen molar-refractivity contribution in [3.63, 3.8) is 0 Å². The molecule has 0 spiro atoms. The number of nitrogens with zero attached hydrogens (tertiary/aromatic N) is 5. The highest BCUT2D eigenvalue weighted by molar-refractivity contribution is 7.22. The van der Waals surface area contributed by atoms with E-state index in [9.17, 15) is 9.18 Å². The number of thiazole rings is 1. The Morgan fingerprint density at radius 2 is 1.95 bits per heavy atom. The minimum atomic E-state index is -0.386. The summed E-state index contributed by atoms with van der Waals surface area (Å²) in [7, 11) is 4.23. The predicted molar refractivity (Wildman–Crippen MR) is 166 cm³/mol. The van der Waals surface area contributed by atoms with Crippen LogP contribution < -0.4 is 26.4 Å². The molecule has 8 rings (SSSR count). The second-order valence-electron chi connectivity index (χ2n) is 12.5. The molecule has 2 bridgehead atoms. The number of hydrogen-bond acceptors (Lipinski definition) is 9. The van der Waals surface area contributed by atoms with Gasteiger partial charge in [0, 0.05) is 47.7 Å².